The first-order valence-corrected chi connectivity index (χ1v) is 8.24. The van der Waals surface area contributed by atoms with Crippen LogP contribution >= 0.6 is 0 Å². The fourth-order valence-electron chi connectivity index (χ4n) is 2.30. The molecule has 0 aliphatic carbocycles. The summed E-state index contributed by atoms with van der Waals surface area (Å²) in [6.07, 6.45) is 7.75. The van der Waals surface area contributed by atoms with Crippen molar-refractivity contribution in [1.82, 2.24) is 0 Å². The van der Waals surface area contributed by atoms with Crippen molar-refractivity contribution in [3.05, 3.63) is 30.3 Å². The third-order valence-corrected chi connectivity index (χ3v) is 3.50. The van der Waals surface area contributed by atoms with Crippen LogP contribution in [0.4, 0.5) is 0 Å². The normalized spacial score (nSPS) is 13.9. The zero-order valence-corrected chi connectivity index (χ0v) is 13.5. The number of ether oxygens (including phenoxy) is 2. The highest BCUT2D eigenvalue weighted by molar-refractivity contribution is 5.21. The van der Waals surface area contributed by atoms with Crippen LogP contribution in [-0.4, -0.2) is 24.1 Å². The Morgan fingerprint density at radius 3 is 2.29 bits per heavy atom. The highest BCUT2D eigenvalue weighted by Crippen LogP contribution is 2.22. The molecule has 0 bridgehead atoms. The Balaban J connectivity index is 2.41. The average molecular weight is 294 g/mol. The lowest BCUT2D eigenvalue weighted by Gasteiger charge is -2.29. The van der Waals surface area contributed by atoms with E-state index < -0.39 is 5.79 Å². The summed E-state index contributed by atoms with van der Waals surface area (Å²) in [5.74, 6) is -0.534. The second kappa shape index (κ2) is 10.6. The van der Waals surface area contributed by atoms with Crippen LogP contribution in [0.3, 0.4) is 0 Å². The van der Waals surface area contributed by atoms with Crippen molar-refractivity contribution in [3.8, 4) is 5.75 Å². The molecule has 0 heterocycles. The molecule has 21 heavy (non-hydrogen) atoms. The number of hydrogen-bond donors (Lipinski definition) is 1. The van der Waals surface area contributed by atoms with Crippen LogP contribution in [0.25, 0.3) is 0 Å². The maximum Gasteiger partial charge on any atom is 0.231 e. The van der Waals surface area contributed by atoms with Crippen molar-refractivity contribution in [1.29, 1.82) is 0 Å². The first-order chi connectivity index (χ1) is 10.2. The van der Waals surface area contributed by atoms with Crippen molar-refractivity contribution < 1.29 is 14.6 Å². The second-order valence-electron chi connectivity index (χ2n) is 5.52. The van der Waals surface area contributed by atoms with Crippen LogP contribution in [0, 0.1) is 0 Å². The highest BCUT2D eigenvalue weighted by Gasteiger charge is 2.29. The monoisotopic (exact) mass is 294 g/mol. The predicted molar refractivity (Wildman–Crippen MR) is 86.5 cm³/mol. The lowest BCUT2D eigenvalue weighted by molar-refractivity contribution is -0.182. The van der Waals surface area contributed by atoms with E-state index in [1.807, 2.05) is 37.3 Å². The largest absolute Gasteiger partial charge is 0.460 e. The van der Waals surface area contributed by atoms with Crippen LogP contribution in [-0.2, 0) is 4.74 Å². The molecule has 120 valence electrons. The third kappa shape index (κ3) is 8.08. The molecule has 0 aliphatic heterocycles. The zero-order valence-electron chi connectivity index (χ0n) is 13.5. The Hall–Kier alpha value is -1.06. The molecule has 3 heteroatoms. The molecule has 0 spiro atoms. The predicted octanol–water partition coefficient (Wildman–Crippen LogP) is 4.54. The van der Waals surface area contributed by atoms with Crippen molar-refractivity contribution in [2.45, 2.75) is 64.6 Å². The van der Waals surface area contributed by atoms with Gasteiger partial charge in [-0.25, -0.2) is 0 Å². The van der Waals surface area contributed by atoms with E-state index >= 15 is 0 Å². The molecule has 1 N–H and O–H groups in total. The van der Waals surface area contributed by atoms with Gasteiger partial charge in [0.15, 0.2) is 0 Å². The van der Waals surface area contributed by atoms with Gasteiger partial charge in [0, 0.05) is 13.0 Å². The molecule has 1 aromatic rings. The van der Waals surface area contributed by atoms with Gasteiger partial charge in [-0.05, 0) is 25.5 Å². The van der Waals surface area contributed by atoms with E-state index in [-0.39, 0.29) is 6.61 Å². The van der Waals surface area contributed by atoms with Gasteiger partial charge in [0.25, 0.3) is 0 Å². The zero-order chi connectivity index (χ0) is 15.4. The fourth-order valence-corrected chi connectivity index (χ4v) is 2.30. The van der Waals surface area contributed by atoms with Crippen LogP contribution in [0.2, 0.25) is 0 Å². The van der Waals surface area contributed by atoms with Gasteiger partial charge in [0.05, 0.1) is 0 Å². The molecule has 0 amide bonds. The van der Waals surface area contributed by atoms with Gasteiger partial charge in [-0.3, -0.25) is 0 Å². The lowest BCUT2D eigenvalue weighted by Crippen LogP contribution is -2.41. The molecule has 0 aliphatic rings. The SMILES string of the molecule is CCCCCCCCC(O)(COCC)Oc1ccccc1. The first kappa shape index (κ1) is 18.0. The molecule has 1 unspecified atom stereocenters. The van der Waals surface area contributed by atoms with E-state index in [0.29, 0.717) is 18.8 Å². The summed E-state index contributed by atoms with van der Waals surface area (Å²) in [4.78, 5) is 0. The number of para-hydroxylation sites is 1. The summed E-state index contributed by atoms with van der Waals surface area (Å²) < 4.78 is 11.2. The fraction of sp³-hybridized carbons (Fsp3) is 0.667. The van der Waals surface area contributed by atoms with E-state index in [2.05, 4.69) is 6.92 Å². The van der Waals surface area contributed by atoms with Gasteiger partial charge in [-0.1, -0.05) is 57.2 Å². The van der Waals surface area contributed by atoms with E-state index in [4.69, 9.17) is 9.47 Å². The summed E-state index contributed by atoms with van der Waals surface area (Å²) >= 11 is 0. The maximum atomic E-state index is 10.7. The topological polar surface area (TPSA) is 38.7 Å². The quantitative estimate of drug-likeness (QED) is 0.454. The van der Waals surface area contributed by atoms with Crippen LogP contribution in [0.15, 0.2) is 30.3 Å². The Kier molecular flexibility index (Phi) is 9.11. The van der Waals surface area contributed by atoms with E-state index in [0.717, 1.165) is 12.8 Å². The molecule has 3 nitrogen and oxygen atoms in total. The third-order valence-electron chi connectivity index (χ3n) is 3.50. The van der Waals surface area contributed by atoms with E-state index in [1.54, 1.807) is 0 Å². The number of benzene rings is 1. The molecular weight excluding hydrogens is 264 g/mol. The Bertz CT molecular complexity index is 353. The average Bonchev–Trinajstić information content (AvgIpc) is 2.50. The summed E-state index contributed by atoms with van der Waals surface area (Å²) in [6, 6.07) is 9.46. The molecule has 0 saturated carbocycles. The van der Waals surface area contributed by atoms with Crippen molar-refractivity contribution in [2.24, 2.45) is 0 Å². The van der Waals surface area contributed by atoms with Gasteiger partial charge in [0.1, 0.15) is 12.4 Å². The minimum absolute atomic E-state index is 0.216. The second-order valence-corrected chi connectivity index (χ2v) is 5.52. The maximum absolute atomic E-state index is 10.7. The number of unbranched alkanes of at least 4 members (excludes halogenated alkanes) is 5. The molecule has 1 aromatic carbocycles. The van der Waals surface area contributed by atoms with Crippen molar-refractivity contribution in [3.63, 3.8) is 0 Å². The highest BCUT2D eigenvalue weighted by atomic mass is 16.6. The molecule has 0 fully saturated rings. The van der Waals surface area contributed by atoms with Crippen molar-refractivity contribution in [2.75, 3.05) is 13.2 Å². The summed E-state index contributed by atoms with van der Waals surface area (Å²) in [5.41, 5.74) is 0. The molecule has 1 atom stereocenters. The van der Waals surface area contributed by atoms with Crippen LogP contribution in [0.1, 0.15) is 58.8 Å². The van der Waals surface area contributed by atoms with E-state index in [9.17, 15) is 5.11 Å². The van der Waals surface area contributed by atoms with Gasteiger partial charge in [-0.15, -0.1) is 0 Å². The van der Waals surface area contributed by atoms with Gasteiger partial charge >= 0.3 is 0 Å². The smallest absolute Gasteiger partial charge is 0.231 e. The Morgan fingerprint density at radius 2 is 1.62 bits per heavy atom. The first-order valence-electron chi connectivity index (χ1n) is 8.24. The number of aliphatic hydroxyl groups is 1. The minimum Gasteiger partial charge on any atom is -0.460 e. The molecule has 1 rings (SSSR count). The number of rotatable bonds is 12. The molecule has 0 aromatic heterocycles. The molecule has 0 saturated heterocycles. The van der Waals surface area contributed by atoms with Crippen LogP contribution < -0.4 is 4.74 Å². The standard InChI is InChI=1S/C18H30O3/c1-3-5-6-7-8-12-15-18(19,16-20-4-2)21-17-13-10-9-11-14-17/h9-11,13-14,19H,3-8,12,15-16H2,1-2H3. The minimum atomic E-state index is -1.22. The Morgan fingerprint density at radius 1 is 0.952 bits per heavy atom. The van der Waals surface area contributed by atoms with Crippen LogP contribution in [0.5, 0.6) is 5.75 Å². The molecule has 0 radical (unpaired) electrons. The van der Waals surface area contributed by atoms with E-state index in [1.165, 1.54) is 25.7 Å². The Labute approximate surface area is 129 Å². The van der Waals surface area contributed by atoms with Gasteiger partial charge < -0.3 is 14.6 Å². The summed E-state index contributed by atoms with van der Waals surface area (Å²) in [7, 11) is 0. The van der Waals surface area contributed by atoms with Crippen molar-refractivity contribution >= 4 is 0 Å². The lowest BCUT2D eigenvalue weighted by atomic mass is 10.1. The number of hydrogen-bond acceptors (Lipinski definition) is 3. The molecular formula is C18H30O3. The summed E-state index contributed by atoms with van der Waals surface area (Å²) in [6.45, 7) is 4.94. The van der Waals surface area contributed by atoms with Gasteiger partial charge in [0.2, 0.25) is 5.79 Å². The van der Waals surface area contributed by atoms with Gasteiger partial charge in [-0.2, -0.15) is 0 Å². The summed E-state index contributed by atoms with van der Waals surface area (Å²) in [5, 5.41) is 10.7.